The van der Waals surface area contributed by atoms with Gasteiger partial charge in [-0.05, 0) is 86.9 Å². The molecule has 2 aromatic carbocycles. The minimum Gasteiger partial charge on any atom is -0.343 e. The zero-order valence-corrected chi connectivity index (χ0v) is 25.8. The Balaban J connectivity index is 1.17. The Kier molecular flexibility index (Phi) is 9.27. The number of fused-ring (bicyclic) bond motifs is 1. The van der Waals surface area contributed by atoms with Crippen LogP contribution in [0.4, 0.5) is 5.69 Å². The molecule has 0 spiro atoms. The van der Waals surface area contributed by atoms with Gasteiger partial charge in [-0.1, -0.05) is 35.3 Å². The van der Waals surface area contributed by atoms with Crippen LogP contribution >= 0.6 is 23.2 Å². The molecule has 0 bridgehead atoms. The first kappa shape index (κ1) is 29.9. The second-order valence-corrected chi connectivity index (χ2v) is 12.8. The Bertz CT molecular complexity index is 1300. The Morgan fingerprint density at radius 3 is 2.22 bits per heavy atom. The van der Waals surface area contributed by atoms with Crippen LogP contribution in [0, 0.1) is 31.6 Å². The molecule has 2 unspecified atom stereocenters. The number of nitrogens with zero attached hydrogens (tertiary/aromatic N) is 4. The van der Waals surface area contributed by atoms with Gasteiger partial charge < -0.3 is 19.6 Å². The summed E-state index contributed by atoms with van der Waals surface area (Å²) < 4.78 is 0. The van der Waals surface area contributed by atoms with Gasteiger partial charge in [0, 0.05) is 80.0 Å². The van der Waals surface area contributed by atoms with E-state index in [1.54, 1.807) is 6.92 Å². The van der Waals surface area contributed by atoms with E-state index in [0.29, 0.717) is 59.9 Å². The minimum atomic E-state index is -0.0940. The number of benzene rings is 2. The van der Waals surface area contributed by atoms with Crippen molar-refractivity contribution in [2.75, 3.05) is 57.3 Å². The zero-order valence-electron chi connectivity index (χ0n) is 24.2. The highest BCUT2D eigenvalue weighted by molar-refractivity contribution is 6.32. The van der Waals surface area contributed by atoms with Crippen LogP contribution in [0.2, 0.25) is 10.0 Å². The van der Waals surface area contributed by atoms with E-state index in [1.807, 2.05) is 64.9 Å². The second-order valence-electron chi connectivity index (χ2n) is 12.0. The number of halogens is 2. The van der Waals surface area contributed by atoms with Gasteiger partial charge >= 0.3 is 0 Å². The lowest BCUT2D eigenvalue weighted by molar-refractivity contribution is -0.133. The first-order valence-electron chi connectivity index (χ1n) is 14.7. The number of hydrogen-bond acceptors (Lipinski definition) is 4. The smallest absolute Gasteiger partial charge is 0.254 e. The van der Waals surface area contributed by atoms with E-state index in [9.17, 15) is 14.4 Å². The molecule has 9 heteroatoms. The highest BCUT2D eigenvalue weighted by atomic mass is 35.5. The van der Waals surface area contributed by atoms with Crippen molar-refractivity contribution in [1.29, 1.82) is 0 Å². The maximum atomic E-state index is 13.7. The van der Waals surface area contributed by atoms with Gasteiger partial charge in [0.15, 0.2) is 0 Å². The molecule has 3 aliphatic heterocycles. The maximum Gasteiger partial charge on any atom is 0.254 e. The van der Waals surface area contributed by atoms with Crippen molar-refractivity contribution in [2.24, 2.45) is 17.8 Å². The first-order valence-corrected chi connectivity index (χ1v) is 15.5. The molecule has 2 atom stereocenters. The van der Waals surface area contributed by atoms with Crippen molar-refractivity contribution in [3.05, 3.63) is 63.1 Å². The third kappa shape index (κ3) is 6.58. The number of rotatable bonds is 7. The van der Waals surface area contributed by atoms with Crippen LogP contribution in [0.1, 0.15) is 47.7 Å². The lowest BCUT2D eigenvalue weighted by Gasteiger charge is -2.34. The molecular weight excluding hydrogens is 559 g/mol. The second kappa shape index (κ2) is 12.7. The van der Waals surface area contributed by atoms with Crippen LogP contribution in [0.25, 0.3) is 0 Å². The number of amides is 3. The van der Waals surface area contributed by atoms with E-state index in [1.165, 1.54) is 0 Å². The first-order chi connectivity index (χ1) is 19.6. The molecule has 0 N–H and O–H groups in total. The largest absolute Gasteiger partial charge is 0.343 e. The zero-order chi connectivity index (χ0) is 29.3. The predicted molar refractivity (Wildman–Crippen MR) is 164 cm³/mol. The van der Waals surface area contributed by atoms with Crippen LogP contribution in [-0.2, 0) is 9.59 Å². The average Bonchev–Trinajstić information content (AvgIpc) is 3.53. The highest BCUT2D eigenvalue weighted by Gasteiger charge is 2.41. The molecule has 3 saturated heterocycles. The minimum absolute atomic E-state index is 0.0699. The quantitative estimate of drug-likeness (QED) is 0.434. The van der Waals surface area contributed by atoms with Crippen molar-refractivity contribution in [3.8, 4) is 0 Å². The van der Waals surface area contributed by atoms with Crippen molar-refractivity contribution in [2.45, 2.75) is 40.0 Å². The van der Waals surface area contributed by atoms with Crippen LogP contribution in [0.3, 0.4) is 0 Å². The number of hydrogen-bond donors (Lipinski definition) is 0. The van der Waals surface area contributed by atoms with E-state index >= 15 is 0 Å². The molecule has 220 valence electrons. The van der Waals surface area contributed by atoms with Gasteiger partial charge in [0.1, 0.15) is 0 Å². The molecule has 7 nitrogen and oxygen atoms in total. The summed E-state index contributed by atoms with van der Waals surface area (Å²) in [5.41, 5.74) is 3.36. The molecule has 3 fully saturated rings. The van der Waals surface area contributed by atoms with Gasteiger partial charge in [0.05, 0.1) is 0 Å². The topological polar surface area (TPSA) is 64.2 Å². The molecule has 0 radical (unpaired) electrons. The van der Waals surface area contributed by atoms with Gasteiger partial charge in [-0.3, -0.25) is 14.4 Å². The SMILES string of the molecule is CC(=O)N1CCC(C(=O)N(CCCN2CC3CN(C(=O)c4cccc(Cl)c4C)CC3C2)c2ccc(C)c(Cl)c2)CC1. The summed E-state index contributed by atoms with van der Waals surface area (Å²) in [6.45, 7) is 11.7. The monoisotopic (exact) mass is 598 g/mol. The highest BCUT2D eigenvalue weighted by Crippen LogP contribution is 2.33. The van der Waals surface area contributed by atoms with E-state index in [0.717, 1.165) is 56.0 Å². The molecule has 3 heterocycles. The number of carbonyl (C=O) groups excluding carboxylic acids is 3. The summed E-state index contributed by atoms with van der Waals surface area (Å²) in [7, 11) is 0. The Morgan fingerprint density at radius 1 is 0.902 bits per heavy atom. The number of anilines is 1. The predicted octanol–water partition coefficient (Wildman–Crippen LogP) is 5.30. The standard InChI is InChI=1S/C32H40Cl2N4O3/c1-21-8-9-27(16-30(21)34)38(31(40)24-10-14-36(15-11-24)23(3)39)13-5-12-35-17-25-19-37(20-26(25)18-35)32(41)28-6-4-7-29(33)22(28)2/h4,6-9,16,24-26H,5,10-15,17-20H2,1-3H3. The fourth-order valence-electron chi connectivity index (χ4n) is 6.68. The normalized spacial score (nSPS) is 21.3. The van der Waals surface area contributed by atoms with Gasteiger partial charge in [-0.2, -0.15) is 0 Å². The number of aryl methyl sites for hydroxylation is 1. The van der Waals surface area contributed by atoms with E-state index < -0.39 is 0 Å². The molecule has 3 amide bonds. The van der Waals surface area contributed by atoms with Crippen LogP contribution < -0.4 is 4.90 Å². The van der Waals surface area contributed by atoms with Crippen molar-refractivity contribution >= 4 is 46.6 Å². The molecule has 0 aromatic heterocycles. The number of likely N-dealkylation sites (tertiary alicyclic amines) is 3. The van der Waals surface area contributed by atoms with Gasteiger partial charge in [-0.25, -0.2) is 0 Å². The fraction of sp³-hybridized carbons (Fsp3) is 0.531. The van der Waals surface area contributed by atoms with Crippen molar-refractivity contribution in [1.82, 2.24) is 14.7 Å². The van der Waals surface area contributed by atoms with Gasteiger partial charge in [-0.15, -0.1) is 0 Å². The molecule has 3 aliphatic rings. The fourth-order valence-corrected chi connectivity index (χ4v) is 7.03. The molecule has 2 aromatic rings. The summed E-state index contributed by atoms with van der Waals surface area (Å²) in [4.78, 5) is 46.9. The van der Waals surface area contributed by atoms with Crippen LogP contribution in [0.15, 0.2) is 36.4 Å². The summed E-state index contributed by atoms with van der Waals surface area (Å²) in [6, 6.07) is 11.4. The Morgan fingerprint density at radius 2 is 1.59 bits per heavy atom. The average molecular weight is 600 g/mol. The van der Waals surface area contributed by atoms with Crippen molar-refractivity contribution < 1.29 is 14.4 Å². The molecular formula is C32H40Cl2N4O3. The number of piperidine rings is 1. The van der Waals surface area contributed by atoms with Crippen LogP contribution in [-0.4, -0.2) is 84.8 Å². The molecule has 0 saturated carbocycles. The summed E-state index contributed by atoms with van der Waals surface area (Å²) in [5.74, 6) is 1.11. The molecule has 5 rings (SSSR count). The van der Waals surface area contributed by atoms with E-state index in [-0.39, 0.29) is 23.6 Å². The van der Waals surface area contributed by atoms with Crippen LogP contribution in [0.5, 0.6) is 0 Å². The summed E-state index contributed by atoms with van der Waals surface area (Å²) >= 11 is 12.7. The Labute approximate surface area is 253 Å². The summed E-state index contributed by atoms with van der Waals surface area (Å²) in [5, 5.41) is 1.29. The van der Waals surface area contributed by atoms with E-state index in [2.05, 4.69) is 4.90 Å². The third-order valence-corrected chi connectivity index (χ3v) is 10.0. The van der Waals surface area contributed by atoms with Gasteiger partial charge in [0.25, 0.3) is 5.91 Å². The Hall–Kier alpha value is -2.61. The summed E-state index contributed by atoms with van der Waals surface area (Å²) in [6.07, 6.45) is 2.23. The van der Waals surface area contributed by atoms with Gasteiger partial charge in [0.2, 0.25) is 11.8 Å². The van der Waals surface area contributed by atoms with Crippen molar-refractivity contribution in [3.63, 3.8) is 0 Å². The lowest BCUT2D eigenvalue weighted by atomic mass is 9.94. The lowest BCUT2D eigenvalue weighted by Crippen LogP contribution is -2.44. The number of carbonyl (C=O) groups is 3. The third-order valence-electron chi connectivity index (χ3n) is 9.23. The van der Waals surface area contributed by atoms with E-state index in [4.69, 9.17) is 23.2 Å². The molecule has 0 aliphatic carbocycles. The molecule has 41 heavy (non-hydrogen) atoms. The maximum absolute atomic E-state index is 13.7.